The van der Waals surface area contributed by atoms with Crippen LogP contribution in [0, 0.1) is 5.82 Å². The number of anilines is 1. The zero-order valence-corrected chi connectivity index (χ0v) is 22.6. The molecule has 0 aliphatic carbocycles. The lowest BCUT2D eigenvalue weighted by atomic mass is 10.0. The fourth-order valence-corrected chi connectivity index (χ4v) is 4.95. The third-order valence-electron chi connectivity index (χ3n) is 6.94. The first-order valence-corrected chi connectivity index (χ1v) is 13.2. The summed E-state index contributed by atoms with van der Waals surface area (Å²) in [7, 11) is 0. The number of nitrogens with zero attached hydrogens (tertiary/aromatic N) is 8. The molecule has 0 saturated carbocycles. The molecule has 1 N–H and O–H groups in total. The third kappa shape index (κ3) is 5.49. The highest BCUT2D eigenvalue weighted by Gasteiger charge is 2.31. The van der Waals surface area contributed by atoms with E-state index in [2.05, 4.69) is 42.2 Å². The van der Waals surface area contributed by atoms with Gasteiger partial charge in [-0.05, 0) is 53.2 Å². The monoisotopic (exact) mass is 567 g/mol. The lowest BCUT2D eigenvalue weighted by Gasteiger charge is -2.38. The van der Waals surface area contributed by atoms with Crippen LogP contribution in [0.15, 0.2) is 71.8 Å². The quantitative estimate of drug-likeness (QED) is 0.313. The van der Waals surface area contributed by atoms with Gasteiger partial charge in [0.15, 0.2) is 11.4 Å². The molecule has 42 heavy (non-hydrogen) atoms. The number of tetrazole rings is 1. The summed E-state index contributed by atoms with van der Waals surface area (Å²) in [5.41, 5.74) is 3.44. The van der Waals surface area contributed by atoms with Crippen molar-refractivity contribution in [2.24, 2.45) is 0 Å². The standard InChI is InChI=1S/C29H26FN9O3/c1-3-39-35-27(34-36-39)26(19-4-6-21(30)7-5-19)37-12-14-38(15-13-37)29(41)24-16-20(10-11-31-24)28-33-23-17-22(32-18(2)40)8-9-25(23)42-28/h3-11,16-17,26H,1,12-15H2,2H3,(H,32,40)/t26-/m0/s1. The average Bonchev–Trinajstić information content (AvgIpc) is 3.65. The van der Waals surface area contributed by atoms with Crippen LogP contribution in [0.1, 0.15) is 34.8 Å². The van der Waals surface area contributed by atoms with E-state index < -0.39 is 0 Å². The summed E-state index contributed by atoms with van der Waals surface area (Å²) < 4.78 is 19.6. The number of carbonyl (C=O) groups is 2. The minimum absolute atomic E-state index is 0.181. The number of amides is 2. The van der Waals surface area contributed by atoms with Crippen molar-refractivity contribution in [1.82, 2.24) is 40.0 Å². The minimum Gasteiger partial charge on any atom is -0.436 e. The van der Waals surface area contributed by atoms with Crippen molar-refractivity contribution < 1.29 is 18.4 Å². The molecular weight excluding hydrogens is 541 g/mol. The SMILES string of the molecule is C=Cn1nnc([C@H](c2ccc(F)cc2)N2CCN(C(=O)c3cc(-c4nc5cc(NC(C)=O)ccc5o4)ccn3)CC2)n1. The second-order valence-electron chi connectivity index (χ2n) is 9.75. The summed E-state index contributed by atoms with van der Waals surface area (Å²) in [6, 6.07) is 14.4. The Morgan fingerprint density at radius 1 is 1.07 bits per heavy atom. The van der Waals surface area contributed by atoms with E-state index in [4.69, 9.17) is 4.42 Å². The van der Waals surface area contributed by atoms with E-state index >= 15 is 0 Å². The summed E-state index contributed by atoms with van der Waals surface area (Å²) in [6.45, 7) is 7.03. The zero-order chi connectivity index (χ0) is 29.2. The molecule has 6 rings (SSSR count). The summed E-state index contributed by atoms with van der Waals surface area (Å²) in [6.07, 6.45) is 3.00. The van der Waals surface area contributed by atoms with Gasteiger partial charge in [0.25, 0.3) is 5.91 Å². The van der Waals surface area contributed by atoms with Crippen LogP contribution in [0.3, 0.4) is 0 Å². The van der Waals surface area contributed by atoms with E-state index in [9.17, 15) is 14.0 Å². The highest BCUT2D eigenvalue weighted by molar-refractivity contribution is 5.94. The topological polar surface area (TPSA) is 135 Å². The maximum absolute atomic E-state index is 13.7. The van der Waals surface area contributed by atoms with Crippen molar-refractivity contribution in [3.8, 4) is 11.5 Å². The van der Waals surface area contributed by atoms with E-state index in [0.717, 1.165) is 5.56 Å². The highest BCUT2D eigenvalue weighted by Crippen LogP contribution is 2.29. The van der Waals surface area contributed by atoms with Gasteiger partial charge in [0.05, 0.1) is 6.04 Å². The molecule has 12 nitrogen and oxygen atoms in total. The molecule has 2 amide bonds. The lowest BCUT2D eigenvalue weighted by molar-refractivity contribution is -0.114. The first kappa shape index (κ1) is 26.9. The molecule has 1 aliphatic rings. The fourth-order valence-electron chi connectivity index (χ4n) is 4.95. The number of hydrogen-bond acceptors (Lipinski definition) is 9. The molecule has 3 aromatic heterocycles. The van der Waals surface area contributed by atoms with Crippen LogP contribution in [0.25, 0.3) is 28.8 Å². The third-order valence-corrected chi connectivity index (χ3v) is 6.94. The van der Waals surface area contributed by atoms with Crippen molar-refractivity contribution >= 4 is 34.8 Å². The van der Waals surface area contributed by atoms with Crippen LogP contribution < -0.4 is 5.32 Å². The number of oxazole rings is 1. The number of rotatable bonds is 7. The normalized spacial score (nSPS) is 14.6. The summed E-state index contributed by atoms with van der Waals surface area (Å²) >= 11 is 0. The maximum atomic E-state index is 13.7. The zero-order valence-electron chi connectivity index (χ0n) is 22.6. The van der Waals surface area contributed by atoms with E-state index in [1.165, 1.54) is 30.1 Å². The molecule has 1 atom stereocenters. The van der Waals surface area contributed by atoms with Gasteiger partial charge in [-0.15, -0.1) is 15.0 Å². The van der Waals surface area contributed by atoms with Crippen LogP contribution in [-0.4, -0.2) is 78.0 Å². The number of benzene rings is 2. The Hall–Kier alpha value is -5.30. The molecule has 1 aliphatic heterocycles. The van der Waals surface area contributed by atoms with E-state index in [1.54, 1.807) is 53.6 Å². The number of carbonyl (C=O) groups excluding carboxylic acids is 2. The van der Waals surface area contributed by atoms with Crippen LogP contribution >= 0.6 is 0 Å². The van der Waals surface area contributed by atoms with Gasteiger partial charge in [-0.2, -0.15) is 0 Å². The summed E-state index contributed by atoms with van der Waals surface area (Å²) in [4.78, 5) is 38.9. The largest absolute Gasteiger partial charge is 0.436 e. The number of fused-ring (bicyclic) bond motifs is 1. The molecule has 1 fully saturated rings. The Balaban J connectivity index is 1.18. The predicted molar refractivity (Wildman–Crippen MR) is 151 cm³/mol. The Bertz CT molecular complexity index is 1770. The number of nitrogens with one attached hydrogen (secondary N) is 1. The minimum atomic E-state index is -0.372. The average molecular weight is 568 g/mol. The number of pyridine rings is 1. The lowest BCUT2D eigenvalue weighted by Crippen LogP contribution is -2.50. The van der Waals surface area contributed by atoms with Crippen LogP contribution in [0.5, 0.6) is 0 Å². The molecule has 1 saturated heterocycles. The molecule has 0 unspecified atom stereocenters. The van der Waals surface area contributed by atoms with Crippen LogP contribution in [-0.2, 0) is 4.79 Å². The number of piperazine rings is 1. The van der Waals surface area contributed by atoms with Crippen molar-refractivity contribution in [2.45, 2.75) is 13.0 Å². The molecule has 5 aromatic rings. The number of aromatic nitrogens is 6. The summed E-state index contributed by atoms with van der Waals surface area (Å²) in [5.74, 6) is 0.0681. The first-order valence-electron chi connectivity index (χ1n) is 13.2. The fraction of sp³-hybridized carbons (Fsp3) is 0.207. The molecule has 0 radical (unpaired) electrons. The van der Waals surface area contributed by atoms with Crippen molar-refractivity contribution in [1.29, 1.82) is 0 Å². The predicted octanol–water partition coefficient (Wildman–Crippen LogP) is 3.62. The van der Waals surface area contributed by atoms with E-state index in [-0.39, 0.29) is 29.4 Å². The smallest absolute Gasteiger partial charge is 0.272 e. The second-order valence-corrected chi connectivity index (χ2v) is 9.75. The maximum Gasteiger partial charge on any atom is 0.272 e. The van der Waals surface area contributed by atoms with Crippen molar-refractivity contribution in [3.05, 3.63) is 90.3 Å². The van der Waals surface area contributed by atoms with Gasteiger partial charge < -0.3 is 14.6 Å². The number of halogens is 1. The molecule has 4 heterocycles. The highest BCUT2D eigenvalue weighted by atomic mass is 19.1. The van der Waals surface area contributed by atoms with Gasteiger partial charge >= 0.3 is 0 Å². The molecular formula is C29H26FN9O3. The van der Waals surface area contributed by atoms with Gasteiger partial charge in [0.1, 0.15) is 17.0 Å². The Morgan fingerprint density at radius 2 is 1.86 bits per heavy atom. The number of hydrogen-bond donors (Lipinski definition) is 1. The molecule has 13 heteroatoms. The second kappa shape index (κ2) is 11.3. The Morgan fingerprint density at radius 3 is 2.57 bits per heavy atom. The molecule has 0 bridgehead atoms. The van der Waals surface area contributed by atoms with Gasteiger partial charge in [0, 0.05) is 56.8 Å². The summed E-state index contributed by atoms with van der Waals surface area (Å²) in [5, 5.41) is 15.3. The molecule has 2 aromatic carbocycles. The molecule has 0 spiro atoms. The van der Waals surface area contributed by atoms with Gasteiger partial charge in [-0.3, -0.25) is 19.5 Å². The van der Waals surface area contributed by atoms with E-state index in [0.29, 0.717) is 60.2 Å². The van der Waals surface area contributed by atoms with Gasteiger partial charge in [-0.25, -0.2) is 9.37 Å². The van der Waals surface area contributed by atoms with E-state index in [1.807, 2.05) is 0 Å². The van der Waals surface area contributed by atoms with Gasteiger partial charge in [-0.1, -0.05) is 18.7 Å². The van der Waals surface area contributed by atoms with Crippen molar-refractivity contribution in [3.63, 3.8) is 0 Å². The van der Waals surface area contributed by atoms with Crippen LogP contribution in [0.2, 0.25) is 0 Å². The van der Waals surface area contributed by atoms with Gasteiger partial charge in [0.2, 0.25) is 11.8 Å². The van der Waals surface area contributed by atoms with Crippen LogP contribution in [0.4, 0.5) is 10.1 Å². The Kier molecular flexibility index (Phi) is 7.23. The Labute approximate surface area is 239 Å². The van der Waals surface area contributed by atoms with Crippen molar-refractivity contribution in [2.75, 3.05) is 31.5 Å². The molecule has 212 valence electrons. The first-order chi connectivity index (χ1) is 20.4.